The number of halogens is 1. The van der Waals surface area contributed by atoms with Gasteiger partial charge >= 0.3 is 5.97 Å². The number of methoxy groups -OCH3 is 1. The smallest absolute Gasteiger partial charge is 0.340 e. The first-order valence-electron chi connectivity index (χ1n) is 7.99. The molecule has 0 aliphatic carbocycles. The van der Waals surface area contributed by atoms with Gasteiger partial charge in [-0.1, -0.05) is 41.9 Å². The minimum absolute atomic E-state index is 0.322. The Kier molecular flexibility index (Phi) is 6.39. The fraction of sp³-hybridized carbons (Fsp3) is 0.105. The maximum absolute atomic E-state index is 12.1. The molecule has 0 spiro atoms. The van der Waals surface area contributed by atoms with Crippen LogP contribution in [0.25, 0.3) is 0 Å². The van der Waals surface area contributed by atoms with Crippen molar-refractivity contribution >= 4 is 57.1 Å². The average molecular weight is 418 g/mol. The number of carbonyl (C=O) groups excluding carboxylic acids is 1. The number of hydrogen-bond acceptors (Lipinski definition) is 5. The molecule has 0 radical (unpaired) electrons. The number of thiophene rings is 1. The normalized spacial score (nSPS) is 10.3. The van der Waals surface area contributed by atoms with Crippen molar-refractivity contribution in [1.82, 2.24) is 4.98 Å². The number of aromatic nitrogens is 1. The number of hydrogen-bond donors (Lipinski definition) is 2. The molecule has 0 aliphatic heterocycles. The predicted molar refractivity (Wildman–Crippen MR) is 114 cm³/mol. The second kappa shape index (κ2) is 8.94. The first kappa shape index (κ1) is 19.3. The van der Waals surface area contributed by atoms with Gasteiger partial charge in [0.1, 0.15) is 10.8 Å². The van der Waals surface area contributed by atoms with Gasteiger partial charge in [0.25, 0.3) is 0 Å². The molecule has 5 nitrogen and oxygen atoms in total. The minimum Gasteiger partial charge on any atom is -0.465 e. The third-order valence-electron chi connectivity index (χ3n) is 3.61. The summed E-state index contributed by atoms with van der Waals surface area (Å²) in [5.74, 6) is 0.137. The van der Waals surface area contributed by atoms with E-state index in [1.165, 1.54) is 24.6 Å². The number of benzene rings is 1. The van der Waals surface area contributed by atoms with E-state index < -0.39 is 5.97 Å². The van der Waals surface area contributed by atoms with Crippen LogP contribution in [-0.4, -0.2) is 23.2 Å². The van der Waals surface area contributed by atoms with E-state index in [0.29, 0.717) is 26.5 Å². The highest BCUT2D eigenvalue weighted by atomic mass is 35.5. The van der Waals surface area contributed by atoms with E-state index in [4.69, 9.17) is 28.6 Å². The number of ether oxygens (including phenoxy) is 1. The third-order valence-corrected chi connectivity index (χ3v) is 5.08. The molecule has 2 aromatic heterocycles. The standard InChI is InChI=1S/C19H16ClN3O2S2/c1-25-18(24)15-10-14(9-12-5-3-2-4-6-12)27-17(15)23-19(26)22-16-8-7-13(20)11-21-16/h2-8,10-11H,9H2,1H3,(H2,21,22,23,26). The van der Waals surface area contributed by atoms with E-state index in [-0.39, 0.29) is 0 Å². The van der Waals surface area contributed by atoms with E-state index in [1.807, 2.05) is 36.4 Å². The van der Waals surface area contributed by atoms with E-state index in [1.54, 1.807) is 12.1 Å². The molecule has 3 aromatic rings. The van der Waals surface area contributed by atoms with Gasteiger partial charge < -0.3 is 15.4 Å². The molecule has 0 unspecified atom stereocenters. The lowest BCUT2D eigenvalue weighted by molar-refractivity contribution is 0.0602. The molecular formula is C19H16ClN3O2S2. The van der Waals surface area contributed by atoms with E-state index in [0.717, 1.165) is 16.9 Å². The zero-order valence-corrected chi connectivity index (χ0v) is 16.8. The van der Waals surface area contributed by atoms with Crippen LogP contribution in [0.5, 0.6) is 0 Å². The fourth-order valence-corrected chi connectivity index (χ4v) is 3.85. The van der Waals surface area contributed by atoms with Crippen molar-refractivity contribution in [2.75, 3.05) is 17.7 Å². The third kappa shape index (κ3) is 5.26. The van der Waals surface area contributed by atoms with Crippen molar-refractivity contribution in [3.63, 3.8) is 0 Å². The SMILES string of the molecule is COC(=O)c1cc(Cc2ccccc2)sc1NC(=S)Nc1ccc(Cl)cn1. The van der Waals surface area contributed by atoms with Crippen LogP contribution >= 0.6 is 35.2 Å². The average Bonchev–Trinajstić information content (AvgIpc) is 3.05. The summed E-state index contributed by atoms with van der Waals surface area (Å²) < 4.78 is 4.89. The zero-order valence-electron chi connectivity index (χ0n) is 14.4. The second-order valence-electron chi connectivity index (χ2n) is 5.55. The van der Waals surface area contributed by atoms with Crippen LogP contribution in [0.1, 0.15) is 20.8 Å². The minimum atomic E-state index is -0.416. The second-order valence-corrected chi connectivity index (χ2v) is 7.53. The maximum atomic E-state index is 12.1. The molecule has 2 N–H and O–H groups in total. The van der Waals surface area contributed by atoms with Crippen LogP contribution in [0.2, 0.25) is 5.02 Å². The van der Waals surface area contributed by atoms with Crippen molar-refractivity contribution in [3.05, 3.63) is 75.8 Å². The molecule has 2 heterocycles. The molecule has 0 aliphatic rings. The topological polar surface area (TPSA) is 63.2 Å². The van der Waals surface area contributed by atoms with Gasteiger partial charge in [-0.25, -0.2) is 9.78 Å². The number of rotatable bonds is 5. The highest BCUT2D eigenvalue weighted by Gasteiger charge is 2.18. The van der Waals surface area contributed by atoms with Crippen LogP contribution < -0.4 is 10.6 Å². The maximum Gasteiger partial charge on any atom is 0.340 e. The van der Waals surface area contributed by atoms with Gasteiger partial charge in [0.2, 0.25) is 0 Å². The van der Waals surface area contributed by atoms with Crippen LogP contribution in [0.3, 0.4) is 0 Å². The number of nitrogens with zero attached hydrogens (tertiary/aromatic N) is 1. The summed E-state index contributed by atoms with van der Waals surface area (Å²) in [7, 11) is 1.36. The lowest BCUT2D eigenvalue weighted by atomic mass is 10.1. The molecule has 0 bridgehead atoms. The number of anilines is 2. The van der Waals surface area contributed by atoms with Gasteiger partial charge in [-0.05, 0) is 36.0 Å². The molecular weight excluding hydrogens is 402 g/mol. The van der Waals surface area contributed by atoms with Gasteiger partial charge in [0.05, 0.1) is 17.7 Å². The van der Waals surface area contributed by atoms with Crippen LogP contribution in [-0.2, 0) is 11.2 Å². The van der Waals surface area contributed by atoms with Gasteiger partial charge in [-0.15, -0.1) is 11.3 Å². The van der Waals surface area contributed by atoms with Crippen molar-refractivity contribution in [1.29, 1.82) is 0 Å². The van der Waals surface area contributed by atoms with Crippen molar-refractivity contribution in [2.24, 2.45) is 0 Å². The van der Waals surface area contributed by atoms with E-state index in [9.17, 15) is 4.79 Å². The summed E-state index contributed by atoms with van der Waals surface area (Å²) in [5, 5.41) is 7.51. The van der Waals surface area contributed by atoms with Gasteiger partial charge in [-0.3, -0.25) is 0 Å². The largest absolute Gasteiger partial charge is 0.465 e. The Balaban J connectivity index is 1.77. The Labute approximate surface area is 171 Å². The fourth-order valence-electron chi connectivity index (χ4n) is 2.38. The highest BCUT2D eigenvalue weighted by molar-refractivity contribution is 7.80. The Morgan fingerprint density at radius 2 is 2.00 bits per heavy atom. The Bertz CT molecular complexity index is 943. The first-order chi connectivity index (χ1) is 13.0. The molecule has 138 valence electrons. The highest BCUT2D eigenvalue weighted by Crippen LogP contribution is 2.30. The van der Waals surface area contributed by atoms with Crippen molar-refractivity contribution in [2.45, 2.75) is 6.42 Å². The molecule has 27 heavy (non-hydrogen) atoms. The Morgan fingerprint density at radius 3 is 2.67 bits per heavy atom. The van der Waals surface area contributed by atoms with E-state index >= 15 is 0 Å². The lowest BCUT2D eigenvalue weighted by Crippen LogP contribution is -2.20. The summed E-state index contributed by atoms with van der Waals surface area (Å²) in [6, 6.07) is 15.3. The van der Waals surface area contributed by atoms with Crippen LogP contribution in [0, 0.1) is 0 Å². The first-order valence-corrected chi connectivity index (χ1v) is 9.60. The van der Waals surface area contributed by atoms with E-state index in [2.05, 4.69) is 15.6 Å². The Morgan fingerprint density at radius 1 is 1.22 bits per heavy atom. The molecule has 3 rings (SSSR count). The summed E-state index contributed by atoms with van der Waals surface area (Å²) >= 11 is 12.6. The summed E-state index contributed by atoms with van der Waals surface area (Å²) in [4.78, 5) is 17.3. The molecule has 1 aromatic carbocycles. The monoisotopic (exact) mass is 417 g/mol. The van der Waals surface area contributed by atoms with Gasteiger partial charge in [0.15, 0.2) is 5.11 Å². The summed E-state index contributed by atoms with van der Waals surface area (Å²) in [5.41, 5.74) is 1.61. The number of nitrogens with one attached hydrogen (secondary N) is 2. The number of thiocarbonyl (C=S) groups is 1. The quantitative estimate of drug-likeness (QED) is 0.450. The van der Waals surface area contributed by atoms with Gasteiger partial charge in [0, 0.05) is 17.5 Å². The van der Waals surface area contributed by atoms with Gasteiger partial charge in [-0.2, -0.15) is 0 Å². The summed E-state index contributed by atoms with van der Waals surface area (Å²) in [6.45, 7) is 0. The molecule has 0 fully saturated rings. The number of carbonyl (C=O) groups is 1. The molecule has 0 saturated carbocycles. The Hall–Kier alpha value is -2.48. The number of esters is 1. The lowest BCUT2D eigenvalue weighted by Gasteiger charge is -2.09. The molecule has 0 amide bonds. The summed E-state index contributed by atoms with van der Waals surface area (Å²) in [6.07, 6.45) is 2.24. The van der Waals surface area contributed by atoms with Crippen LogP contribution in [0.15, 0.2) is 54.7 Å². The van der Waals surface area contributed by atoms with Crippen molar-refractivity contribution < 1.29 is 9.53 Å². The molecule has 8 heteroatoms. The van der Waals surface area contributed by atoms with Crippen LogP contribution in [0.4, 0.5) is 10.8 Å². The molecule has 0 saturated heterocycles. The zero-order chi connectivity index (χ0) is 19.2. The molecule has 0 atom stereocenters. The van der Waals surface area contributed by atoms with Crippen molar-refractivity contribution in [3.8, 4) is 0 Å². The predicted octanol–water partition coefficient (Wildman–Crippen LogP) is 4.98. The number of pyridine rings is 1.